The van der Waals surface area contributed by atoms with Crippen LogP contribution in [0.4, 0.5) is 0 Å². The molecule has 0 atom stereocenters. The Labute approximate surface area is 126 Å². The van der Waals surface area contributed by atoms with Crippen molar-refractivity contribution in [1.82, 2.24) is 10.2 Å². The number of likely N-dealkylation sites (N-methyl/N-ethyl adjacent to an activating group) is 1. The largest absolute Gasteiger partial charge is 0.353 e. The van der Waals surface area contributed by atoms with E-state index in [1.165, 1.54) is 11.3 Å². The van der Waals surface area contributed by atoms with Gasteiger partial charge in [-0.2, -0.15) is 0 Å². The molecule has 0 fully saturated rings. The van der Waals surface area contributed by atoms with Gasteiger partial charge in [0.1, 0.15) is 0 Å². The lowest BCUT2D eigenvalue weighted by molar-refractivity contribution is -0.122. The van der Waals surface area contributed by atoms with Crippen LogP contribution in [0.3, 0.4) is 0 Å². The molecule has 0 aliphatic carbocycles. The molecule has 1 rings (SSSR count). The van der Waals surface area contributed by atoms with Crippen molar-refractivity contribution in [2.24, 2.45) is 0 Å². The maximum absolute atomic E-state index is 12.1. The van der Waals surface area contributed by atoms with Gasteiger partial charge < -0.3 is 5.32 Å². The highest BCUT2D eigenvalue weighted by atomic mass is 79.9. The first kappa shape index (κ1) is 16.3. The molecule has 0 saturated carbocycles. The molecule has 19 heavy (non-hydrogen) atoms. The lowest BCUT2D eigenvalue weighted by Gasteiger charge is -2.19. The lowest BCUT2D eigenvalue weighted by atomic mass is 10.3. The number of carbonyl (C=O) groups excluding carboxylic acids is 2. The number of nitrogens with zero attached hydrogens (tertiary/aromatic N) is 1. The number of ketones is 1. The summed E-state index contributed by atoms with van der Waals surface area (Å²) < 4.78 is 0.824. The third-order valence-corrected chi connectivity index (χ3v) is 4.38. The van der Waals surface area contributed by atoms with E-state index in [1.54, 1.807) is 0 Å². The fourth-order valence-electron chi connectivity index (χ4n) is 1.62. The highest BCUT2D eigenvalue weighted by Crippen LogP contribution is 2.23. The van der Waals surface area contributed by atoms with E-state index in [9.17, 15) is 9.59 Å². The van der Waals surface area contributed by atoms with E-state index < -0.39 is 0 Å². The Morgan fingerprint density at radius 1 is 1.42 bits per heavy atom. The minimum absolute atomic E-state index is 0.0427. The molecule has 0 saturated heterocycles. The molecule has 1 aromatic rings. The molecule has 0 aliphatic heterocycles. The smallest absolute Gasteiger partial charge is 0.234 e. The van der Waals surface area contributed by atoms with E-state index >= 15 is 0 Å². The van der Waals surface area contributed by atoms with Crippen molar-refractivity contribution in [3.05, 3.63) is 20.8 Å². The Bertz CT molecular complexity index is 446. The molecule has 6 heteroatoms. The summed E-state index contributed by atoms with van der Waals surface area (Å²) in [4.78, 5) is 26.3. The Morgan fingerprint density at radius 2 is 2.11 bits per heavy atom. The SMILES string of the molecule is CCN(CC(=O)NC(C)C)CC(=O)c1sccc1Br. The minimum atomic E-state index is -0.0464. The van der Waals surface area contributed by atoms with Gasteiger partial charge in [-0.3, -0.25) is 14.5 Å². The van der Waals surface area contributed by atoms with Crippen molar-refractivity contribution in [3.8, 4) is 0 Å². The normalized spacial score (nSPS) is 11.1. The van der Waals surface area contributed by atoms with E-state index in [0.29, 0.717) is 11.4 Å². The molecule has 0 unspecified atom stereocenters. The highest BCUT2D eigenvalue weighted by Gasteiger charge is 2.17. The molecule has 0 aliphatic rings. The van der Waals surface area contributed by atoms with Crippen LogP contribution >= 0.6 is 27.3 Å². The van der Waals surface area contributed by atoms with Gasteiger partial charge in [-0.25, -0.2) is 0 Å². The fraction of sp³-hybridized carbons (Fsp3) is 0.538. The summed E-state index contributed by atoms with van der Waals surface area (Å²) in [6.45, 7) is 6.97. The number of Topliss-reactive ketones (excluding diaryl/α,β-unsaturated/α-hetero) is 1. The van der Waals surface area contributed by atoms with Crippen molar-refractivity contribution < 1.29 is 9.59 Å². The average molecular weight is 347 g/mol. The summed E-state index contributed by atoms with van der Waals surface area (Å²) in [6, 6.07) is 1.98. The number of rotatable bonds is 7. The van der Waals surface area contributed by atoms with Gasteiger partial charge in [-0.15, -0.1) is 11.3 Å². The van der Waals surface area contributed by atoms with E-state index in [1.807, 2.05) is 37.1 Å². The quantitative estimate of drug-likeness (QED) is 0.771. The van der Waals surface area contributed by atoms with Gasteiger partial charge in [0.25, 0.3) is 0 Å². The molecule has 4 nitrogen and oxygen atoms in total. The fourth-order valence-corrected chi connectivity index (χ4v) is 3.14. The van der Waals surface area contributed by atoms with Crippen LogP contribution in [0, 0.1) is 0 Å². The maximum atomic E-state index is 12.1. The number of hydrogen-bond donors (Lipinski definition) is 1. The molecule has 106 valence electrons. The van der Waals surface area contributed by atoms with Crippen molar-refractivity contribution in [2.45, 2.75) is 26.8 Å². The summed E-state index contributed by atoms with van der Waals surface area (Å²) >= 11 is 4.77. The van der Waals surface area contributed by atoms with Gasteiger partial charge in [-0.1, -0.05) is 6.92 Å². The van der Waals surface area contributed by atoms with Gasteiger partial charge in [0.05, 0.1) is 18.0 Å². The molecule has 0 bridgehead atoms. The zero-order valence-corrected chi connectivity index (χ0v) is 13.8. The van der Waals surface area contributed by atoms with Gasteiger partial charge >= 0.3 is 0 Å². The number of amides is 1. The van der Waals surface area contributed by atoms with E-state index in [-0.39, 0.29) is 30.8 Å². The van der Waals surface area contributed by atoms with Crippen molar-refractivity contribution in [2.75, 3.05) is 19.6 Å². The van der Waals surface area contributed by atoms with Gasteiger partial charge in [-0.05, 0) is 47.8 Å². The van der Waals surface area contributed by atoms with E-state index in [4.69, 9.17) is 0 Å². The zero-order chi connectivity index (χ0) is 14.4. The minimum Gasteiger partial charge on any atom is -0.353 e. The first-order valence-corrected chi connectivity index (χ1v) is 7.89. The number of carbonyl (C=O) groups is 2. The van der Waals surface area contributed by atoms with E-state index in [2.05, 4.69) is 21.2 Å². The van der Waals surface area contributed by atoms with Crippen LogP contribution in [0.2, 0.25) is 0 Å². The van der Waals surface area contributed by atoms with Crippen LogP contribution in [0.15, 0.2) is 15.9 Å². The molecule has 0 aromatic carbocycles. The number of thiophene rings is 1. The summed E-state index contributed by atoms with van der Waals surface area (Å²) in [6.07, 6.45) is 0. The van der Waals surface area contributed by atoms with Crippen LogP contribution in [0.1, 0.15) is 30.4 Å². The predicted molar refractivity (Wildman–Crippen MR) is 81.7 cm³/mol. The molecule has 1 heterocycles. The third-order valence-electron chi connectivity index (χ3n) is 2.50. The molecule has 1 amide bonds. The van der Waals surface area contributed by atoms with Crippen LogP contribution in [0.5, 0.6) is 0 Å². The predicted octanol–water partition coefficient (Wildman–Crippen LogP) is 2.54. The monoisotopic (exact) mass is 346 g/mol. The van der Waals surface area contributed by atoms with Gasteiger partial charge in [0, 0.05) is 10.5 Å². The highest BCUT2D eigenvalue weighted by molar-refractivity contribution is 9.10. The van der Waals surface area contributed by atoms with Crippen LogP contribution in [-0.4, -0.2) is 42.3 Å². The number of nitrogens with one attached hydrogen (secondary N) is 1. The maximum Gasteiger partial charge on any atom is 0.234 e. The number of hydrogen-bond acceptors (Lipinski definition) is 4. The second-order valence-electron chi connectivity index (χ2n) is 4.55. The van der Waals surface area contributed by atoms with Gasteiger partial charge in [0.15, 0.2) is 5.78 Å². The summed E-state index contributed by atoms with van der Waals surface area (Å²) in [5.74, 6) is -0.00373. The molecule has 1 N–H and O–H groups in total. The average Bonchev–Trinajstić information content (AvgIpc) is 2.73. The van der Waals surface area contributed by atoms with Crippen LogP contribution < -0.4 is 5.32 Å². The molecule has 1 aromatic heterocycles. The first-order valence-electron chi connectivity index (χ1n) is 6.22. The van der Waals surface area contributed by atoms with Crippen LogP contribution in [0.25, 0.3) is 0 Å². The Balaban J connectivity index is 2.55. The standard InChI is InChI=1S/C13H19BrN2O2S/c1-4-16(8-12(18)15-9(2)3)7-11(17)13-10(14)5-6-19-13/h5-6,9H,4,7-8H2,1-3H3,(H,15,18). The number of halogens is 1. The molecular weight excluding hydrogens is 328 g/mol. The third kappa shape index (κ3) is 5.42. The Hall–Kier alpha value is -0.720. The molecule has 0 radical (unpaired) electrons. The first-order chi connectivity index (χ1) is 8.93. The molecule has 0 spiro atoms. The lowest BCUT2D eigenvalue weighted by Crippen LogP contribution is -2.41. The van der Waals surface area contributed by atoms with Gasteiger partial charge in [0.2, 0.25) is 5.91 Å². The second kappa shape index (κ2) is 7.77. The summed E-state index contributed by atoms with van der Waals surface area (Å²) in [7, 11) is 0. The topological polar surface area (TPSA) is 49.4 Å². The second-order valence-corrected chi connectivity index (χ2v) is 6.32. The Morgan fingerprint density at radius 3 is 2.58 bits per heavy atom. The van der Waals surface area contributed by atoms with Crippen molar-refractivity contribution >= 4 is 39.0 Å². The zero-order valence-electron chi connectivity index (χ0n) is 11.4. The molecular formula is C13H19BrN2O2S. The van der Waals surface area contributed by atoms with Crippen molar-refractivity contribution in [3.63, 3.8) is 0 Å². The van der Waals surface area contributed by atoms with E-state index in [0.717, 1.165) is 4.47 Å². The summed E-state index contributed by atoms with van der Waals surface area (Å²) in [5, 5.41) is 4.70. The summed E-state index contributed by atoms with van der Waals surface area (Å²) in [5.41, 5.74) is 0. The van der Waals surface area contributed by atoms with Crippen LogP contribution in [-0.2, 0) is 4.79 Å². The Kier molecular flexibility index (Phi) is 6.68. The van der Waals surface area contributed by atoms with Crippen molar-refractivity contribution in [1.29, 1.82) is 0 Å².